The van der Waals surface area contributed by atoms with Crippen LogP contribution in [0.4, 0.5) is 11.5 Å². The Morgan fingerprint density at radius 1 is 1.18 bits per heavy atom. The van der Waals surface area contributed by atoms with Crippen molar-refractivity contribution in [2.24, 2.45) is 5.41 Å². The molecule has 1 saturated carbocycles. The maximum Gasteiger partial charge on any atom is 0.281 e. The number of anilines is 2. The number of benzene rings is 1. The van der Waals surface area contributed by atoms with Gasteiger partial charge < -0.3 is 24.4 Å². The number of halogens is 1. The molecule has 2 aromatic rings. The van der Waals surface area contributed by atoms with Crippen LogP contribution >= 0.6 is 11.6 Å². The highest BCUT2D eigenvalue weighted by Crippen LogP contribution is 2.48. The fraction of sp³-hybridized carbons (Fsp3) is 0.538. The molecule has 1 spiro atoms. The van der Waals surface area contributed by atoms with Gasteiger partial charge in [0.1, 0.15) is 11.6 Å². The molecule has 2 N–H and O–H groups in total. The third-order valence-electron chi connectivity index (χ3n) is 7.84. The average molecular weight is 563 g/mol. The third kappa shape index (κ3) is 4.92. The van der Waals surface area contributed by atoms with Gasteiger partial charge in [-0.25, -0.2) is 9.71 Å². The SMILES string of the molecule is O=C(NS(=O)(=O)c1cccc(N2CCC(O)C2)n1)C1(Oc2cc(Cl)ccc2N2CC3(CCCOC3)C2)CC1. The van der Waals surface area contributed by atoms with E-state index in [4.69, 9.17) is 21.1 Å². The number of amides is 1. The van der Waals surface area contributed by atoms with Crippen LogP contribution in [0.1, 0.15) is 32.1 Å². The van der Waals surface area contributed by atoms with Gasteiger partial charge in [-0.3, -0.25) is 4.79 Å². The highest BCUT2D eigenvalue weighted by molar-refractivity contribution is 7.90. The van der Waals surface area contributed by atoms with E-state index in [0.717, 1.165) is 44.8 Å². The monoisotopic (exact) mass is 562 g/mol. The van der Waals surface area contributed by atoms with E-state index in [1.165, 1.54) is 6.07 Å². The van der Waals surface area contributed by atoms with Crippen LogP contribution in [0, 0.1) is 5.41 Å². The fourth-order valence-corrected chi connectivity index (χ4v) is 6.74. The lowest BCUT2D eigenvalue weighted by molar-refractivity contribution is -0.127. The number of aliphatic hydroxyl groups is 1. The van der Waals surface area contributed by atoms with Crippen LogP contribution in [0.5, 0.6) is 5.75 Å². The normalized spacial score (nSPS) is 23.7. The lowest BCUT2D eigenvalue weighted by atomic mass is 9.75. The van der Waals surface area contributed by atoms with Crippen LogP contribution in [0.2, 0.25) is 5.02 Å². The van der Waals surface area contributed by atoms with Gasteiger partial charge in [-0.15, -0.1) is 0 Å². The number of nitrogens with zero attached hydrogens (tertiary/aromatic N) is 3. The Morgan fingerprint density at radius 2 is 2.00 bits per heavy atom. The molecule has 10 nitrogen and oxygen atoms in total. The van der Waals surface area contributed by atoms with Crippen molar-refractivity contribution in [2.45, 2.75) is 48.8 Å². The minimum absolute atomic E-state index is 0.145. The number of sulfonamides is 1. The first-order chi connectivity index (χ1) is 18.2. The second-order valence-corrected chi connectivity index (χ2v) is 12.9. The summed E-state index contributed by atoms with van der Waals surface area (Å²) in [5, 5.41) is 10.0. The van der Waals surface area contributed by atoms with Gasteiger partial charge in [-0.2, -0.15) is 8.42 Å². The maximum absolute atomic E-state index is 13.2. The number of rotatable bonds is 7. The molecule has 4 fully saturated rings. The summed E-state index contributed by atoms with van der Waals surface area (Å²) in [4.78, 5) is 21.5. The van der Waals surface area contributed by atoms with E-state index in [0.29, 0.717) is 48.9 Å². The molecule has 4 heterocycles. The van der Waals surface area contributed by atoms with E-state index >= 15 is 0 Å². The summed E-state index contributed by atoms with van der Waals surface area (Å²) in [6.45, 7) is 4.16. The predicted octanol–water partition coefficient (Wildman–Crippen LogP) is 2.34. The summed E-state index contributed by atoms with van der Waals surface area (Å²) in [7, 11) is -4.24. The predicted molar refractivity (Wildman–Crippen MR) is 141 cm³/mol. The van der Waals surface area contributed by atoms with Crippen LogP contribution < -0.4 is 19.3 Å². The molecular weight excluding hydrogens is 532 g/mol. The van der Waals surface area contributed by atoms with Gasteiger partial charge >= 0.3 is 0 Å². The van der Waals surface area contributed by atoms with E-state index in [-0.39, 0.29) is 10.4 Å². The van der Waals surface area contributed by atoms with E-state index in [9.17, 15) is 18.3 Å². The Kier molecular flexibility index (Phi) is 6.45. The zero-order valence-electron chi connectivity index (χ0n) is 20.9. The summed E-state index contributed by atoms with van der Waals surface area (Å²) in [5.74, 6) is 0.170. The Labute approximate surface area is 226 Å². The summed E-state index contributed by atoms with van der Waals surface area (Å²) < 4.78 is 40.3. The number of aromatic nitrogens is 1. The summed E-state index contributed by atoms with van der Waals surface area (Å²) in [6, 6.07) is 9.94. The Balaban J connectivity index is 1.17. The van der Waals surface area contributed by atoms with E-state index in [2.05, 4.69) is 14.6 Å². The van der Waals surface area contributed by atoms with Gasteiger partial charge in [-0.1, -0.05) is 17.7 Å². The number of hydrogen-bond donors (Lipinski definition) is 2. The van der Waals surface area contributed by atoms with Crippen LogP contribution in [0.3, 0.4) is 0 Å². The zero-order chi connectivity index (χ0) is 26.5. The number of carbonyl (C=O) groups is 1. The number of nitrogens with one attached hydrogen (secondary N) is 1. The quantitative estimate of drug-likeness (QED) is 0.523. The molecule has 1 aromatic carbocycles. The maximum atomic E-state index is 13.2. The molecule has 1 unspecified atom stereocenters. The molecule has 38 heavy (non-hydrogen) atoms. The molecule has 4 aliphatic rings. The minimum atomic E-state index is -4.24. The molecule has 0 bridgehead atoms. The number of aliphatic hydroxyl groups excluding tert-OH is 1. The second-order valence-electron chi connectivity index (χ2n) is 10.9. The summed E-state index contributed by atoms with van der Waals surface area (Å²) in [6.07, 6.45) is 3.05. The molecule has 6 rings (SSSR count). The van der Waals surface area contributed by atoms with Crippen molar-refractivity contribution in [3.63, 3.8) is 0 Å². The van der Waals surface area contributed by atoms with Crippen molar-refractivity contribution >= 4 is 39.0 Å². The first kappa shape index (κ1) is 25.7. The highest BCUT2D eigenvalue weighted by Gasteiger charge is 2.55. The molecule has 1 amide bonds. The topological polar surface area (TPSA) is 121 Å². The van der Waals surface area contributed by atoms with Crippen molar-refractivity contribution in [2.75, 3.05) is 49.2 Å². The molecule has 1 aliphatic carbocycles. The minimum Gasteiger partial charge on any atom is -0.475 e. The summed E-state index contributed by atoms with van der Waals surface area (Å²) >= 11 is 6.28. The Hall–Kier alpha value is -2.60. The molecule has 3 aliphatic heterocycles. The van der Waals surface area contributed by atoms with Gasteiger partial charge in [-0.05, 0) is 43.5 Å². The van der Waals surface area contributed by atoms with Gasteiger partial charge in [0, 0.05) is 62.1 Å². The van der Waals surface area contributed by atoms with Gasteiger partial charge in [0.25, 0.3) is 15.9 Å². The first-order valence-corrected chi connectivity index (χ1v) is 14.8. The van der Waals surface area contributed by atoms with Crippen molar-refractivity contribution in [3.05, 3.63) is 41.4 Å². The van der Waals surface area contributed by atoms with Crippen LogP contribution in [0.15, 0.2) is 41.4 Å². The zero-order valence-corrected chi connectivity index (χ0v) is 22.5. The molecule has 1 aromatic heterocycles. The van der Waals surface area contributed by atoms with Crippen molar-refractivity contribution in [1.29, 1.82) is 0 Å². The van der Waals surface area contributed by atoms with Crippen LogP contribution in [-0.2, 0) is 19.6 Å². The first-order valence-electron chi connectivity index (χ1n) is 13.0. The van der Waals surface area contributed by atoms with E-state index < -0.39 is 27.6 Å². The number of pyridine rings is 1. The molecule has 12 heteroatoms. The van der Waals surface area contributed by atoms with Gasteiger partial charge in [0.05, 0.1) is 18.4 Å². The third-order valence-corrected chi connectivity index (χ3v) is 9.31. The van der Waals surface area contributed by atoms with E-state index in [1.54, 1.807) is 24.3 Å². The van der Waals surface area contributed by atoms with Gasteiger partial charge in [0.15, 0.2) is 10.6 Å². The lowest BCUT2D eigenvalue weighted by Crippen LogP contribution is -2.60. The molecule has 1 atom stereocenters. The second kappa shape index (κ2) is 9.55. The molecule has 0 radical (unpaired) electrons. The number of β-amino-alcohol motifs (C(OH)–C–C–N with tert-alkyl or cyclic N) is 1. The van der Waals surface area contributed by atoms with Crippen molar-refractivity contribution in [3.8, 4) is 5.75 Å². The van der Waals surface area contributed by atoms with E-state index in [1.807, 2.05) is 11.0 Å². The number of carbonyl (C=O) groups excluding carboxylic acids is 1. The molecule has 204 valence electrons. The Bertz CT molecular complexity index is 1340. The largest absolute Gasteiger partial charge is 0.475 e. The smallest absolute Gasteiger partial charge is 0.281 e. The fourth-order valence-electron chi connectivity index (χ4n) is 5.57. The standard InChI is InChI=1S/C26H31ClN4O6S/c27-18-5-6-20(31-15-25(16-31)8-2-12-36-17-25)21(13-18)37-26(9-10-26)24(33)29-38(34,35)23-4-1-3-22(28-23)30-11-7-19(32)14-30/h1,3-6,13,19,32H,2,7-12,14-17H2,(H,29,33). The lowest BCUT2D eigenvalue weighted by Gasteiger charge is -2.53. The average Bonchev–Trinajstić information content (AvgIpc) is 3.54. The number of hydrogen-bond acceptors (Lipinski definition) is 9. The molecule has 3 saturated heterocycles. The van der Waals surface area contributed by atoms with Crippen molar-refractivity contribution in [1.82, 2.24) is 9.71 Å². The molecular formula is C26H31ClN4O6S. The van der Waals surface area contributed by atoms with Crippen LogP contribution in [-0.4, -0.2) is 75.5 Å². The summed E-state index contributed by atoms with van der Waals surface area (Å²) in [5.41, 5.74) is -0.318. The van der Waals surface area contributed by atoms with Gasteiger partial charge in [0.2, 0.25) is 0 Å². The van der Waals surface area contributed by atoms with Crippen LogP contribution in [0.25, 0.3) is 0 Å². The Morgan fingerprint density at radius 3 is 2.68 bits per heavy atom. The van der Waals surface area contributed by atoms with Crippen molar-refractivity contribution < 1.29 is 27.8 Å². The highest BCUT2D eigenvalue weighted by atomic mass is 35.5. The number of ether oxygens (including phenoxy) is 2.